The summed E-state index contributed by atoms with van der Waals surface area (Å²) in [4.78, 5) is 28.2. The SMILES string of the molecule is CC(N)C(=O)N(CC(=O)c1ccc[nH]1)C1CC1. The first-order valence-corrected chi connectivity index (χ1v) is 5.82. The second-order valence-electron chi connectivity index (χ2n) is 4.49. The quantitative estimate of drug-likeness (QED) is 0.731. The maximum Gasteiger partial charge on any atom is 0.239 e. The van der Waals surface area contributed by atoms with Crippen molar-refractivity contribution in [2.24, 2.45) is 5.73 Å². The monoisotopic (exact) mass is 235 g/mol. The highest BCUT2D eigenvalue weighted by molar-refractivity contribution is 5.98. The topological polar surface area (TPSA) is 79.2 Å². The summed E-state index contributed by atoms with van der Waals surface area (Å²) in [6.07, 6.45) is 3.63. The van der Waals surface area contributed by atoms with E-state index in [-0.39, 0.29) is 24.3 Å². The summed E-state index contributed by atoms with van der Waals surface area (Å²) in [6.45, 7) is 1.77. The molecule has 1 fully saturated rings. The van der Waals surface area contributed by atoms with E-state index < -0.39 is 6.04 Å². The molecule has 92 valence electrons. The van der Waals surface area contributed by atoms with Crippen molar-refractivity contribution in [3.63, 3.8) is 0 Å². The van der Waals surface area contributed by atoms with E-state index in [1.807, 2.05) is 0 Å². The molecule has 0 aromatic carbocycles. The number of nitrogens with two attached hydrogens (primary N) is 1. The van der Waals surface area contributed by atoms with Crippen molar-refractivity contribution >= 4 is 11.7 Å². The number of H-pyrrole nitrogens is 1. The van der Waals surface area contributed by atoms with Crippen LogP contribution in [0.25, 0.3) is 0 Å². The zero-order valence-corrected chi connectivity index (χ0v) is 9.85. The van der Waals surface area contributed by atoms with Crippen LogP contribution in [0, 0.1) is 0 Å². The molecule has 1 aliphatic rings. The molecule has 1 saturated carbocycles. The molecule has 5 heteroatoms. The number of ketones is 1. The van der Waals surface area contributed by atoms with E-state index >= 15 is 0 Å². The standard InChI is InChI=1S/C12H17N3O2/c1-8(13)12(17)15(9-4-5-9)7-11(16)10-3-2-6-14-10/h2-3,6,8-9,14H,4-5,7,13H2,1H3. The first-order valence-electron chi connectivity index (χ1n) is 5.82. The Morgan fingerprint density at radius 1 is 1.59 bits per heavy atom. The average Bonchev–Trinajstić information content (AvgIpc) is 2.98. The first kappa shape index (κ1) is 11.9. The predicted octanol–water partition coefficient (Wildman–Crippen LogP) is 0.536. The van der Waals surface area contributed by atoms with Gasteiger partial charge in [0.05, 0.1) is 18.3 Å². The molecule has 1 unspecified atom stereocenters. The number of nitrogens with one attached hydrogen (secondary N) is 1. The van der Waals surface area contributed by atoms with Crippen molar-refractivity contribution in [2.45, 2.75) is 31.8 Å². The molecular weight excluding hydrogens is 218 g/mol. The van der Waals surface area contributed by atoms with E-state index in [9.17, 15) is 9.59 Å². The molecule has 0 radical (unpaired) electrons. The molecule has 1 heterocycles. The van der Waals surface area contributed by atoms with Crippen molar-refractivity contribution in [3.05, 3.63) is 24.0 Å². The lowest BCUT2D eigenvalue weighted by Gasteiger charge is -2.23. The Bertz CT molecular complexity index is 407. The van der Waals surface area contributed by atoms with Crippen molar-refractivity contribution in [1.29, 1.82) is 0 Å². The molecule has 0 bridgehead atoms. The molecule has 1 amide bonds. The summed E-state index contributed by atoms with van der Waals surface area (Å²) in [5.41, 5.74) is 6.12. The zero-order chi connectivity index (χ0) is 12.4. The third-order valence-electron chi connectivity index (χ3n) is 2.87. The molecule has 1 aliphatic carbocycles. The van der Waals surface area contributed by atoms with Crippen molar-refractivity contribution in [2.75, 3.05) is 6.54 Å². The number of aromatic nitrogens is 1. The molecule has 17 heavy (non-hydrogen) atoms. The molecule has 0 spiro atoms. The average molecular weight is 235 g/mol. The number of aromatic amines is 1. The molecule has 1 atom stereocenters. The van der Waals surface area contributed by atoms with Crippen LogP contribution >= 0.6 is 0 Å². The maximum absolute atomic E-state index is 11.9. The van der Waals surface area contributed by atoms with E-state index in [1.54, 1.807) is 30.2 Å². The summed E-state index contributed by atoms with van der Waals surface area (Å²) in [6, 6.07) is 3.13. The second kappa shape index (κ2) is 4.71. The van der Waals surface area contributed by atoms with Crippen molar-refractivity contribution in [1.82, 2.24) is 9.88 Å². The Kier molecular flexibility index (Phi) is 3.28. The van der Waals surface area contributed by atoms with Gasteiger partial charge in [0, 0.05) is 12.2 Å². The van der Waals surface area contributed by atoms with Gasteiger partial charge in [0.2, 0.25) is 5.91 Å². The minimum atomic E-state index is -0.549. The van der Waals surface area contributed by atoms with Gasteiger partial charge in [0.15, 0.2) is 5.78 Å². The minimum Gasteiger partial charge on any atom is -0.359 e. The predicted molar refractivity (Wildman–Crippen MR) is 63.5 cm³/mol. The third kappa shape index (κ3) is 2.74. The number of carbonyl (C=O) groups excluding carboxylic acids is 2. The fourth-order valence-corrected chi connectivity index (χ4v) is 1.78. The number of Topliss-reactive ketones (excluding diaryl/α,β-unsaturated/α-hetero) is 1. The van der Waals surface area contributed by atoms with E-state index in [0.29, 0.717) is 5.69 Å². The Hall–Kier alpha value is -1.62. The minimum absolute atomic E-state index is 0.0732. The third-order valence-corrected chi connectivity index (χ3v) is 2.87. The van der Waals surface area contributed by atoms with Crippen molar-refractivity contribution in [3.8, 4) is 0 Å². The molecule has 0 aliphatic heterocycles. The van der Waals surface area contributed by atoms with E-state index in [2.05, 4.69) is 4.98 Å². The second-order valence-corrected chi connectivity index (χ2v) is 4.49. The van der Waals surface area contributed by atoms with Gasteiger partial charge in [-0.15, -0.1) is 0 Å². The van der Waals surface area contributed by atoms with Gasteiger partial charge in [-0.05, 0) is 31.9 Å². The number of amides is 1. The fraction of sp³-hybridized carbons (Fsp3) is 0.500. The lowest BCUT2D eigenvalue weighted by atomic mass is 10.2. The van der Waals surface area contributed by atoms with Crippen LogP contribution in [0.5, 0.6) is 0 Å². The van der Waals surface area contributed by atoms with Gasteiger partial charge in [-0.1, -0.05) is 0 Å². The van der Waals surface area contributed by atoms with Crippen LogP contribution in [-0.4, -0.2) is 40.2 Å². The smallest absolute Gasteiger partial charge is 0.239 e. The molecular formula is C12H17N3O2. The van der Waals surface area contributed by atoms with Crippen LogP contribution in [0.15, 0.2) is 18.3 Å². The molecule has 1 aromatic rings. The van der Waals surface area contributed by atoms with Crippen molar-refractivity contribution < 1.29 is 9.59 Å². The molecule has 3 N–H and O–H groups in total. The largest absolute Gasteiger partial charge is 0.359 e. The molecule has 0 saturated heterocycles. The highest BCUT2D eigenvalue weighted by Gasteiger charge is 2.35. The normalized spacial score (nSPS) is 16.6. The van der Waals surface area contributed by atoms with Gasteiger partial charge in [0.25, 0.3) is 0 Å². The number of nitrogens with zero attached hydrogens (tertiary/aromatic N) is 1. The molecule has 5 nitrogen and oxygen atoms in total. The summed E-state index contributed by atoms with van der Waals surface area (Å²) >= 11 is 0. The fourth-order valence-electron chi connectivity index (χ4n) is 1.78. The van der Waals surface area contributed by atoms with Crippen LogP contribution in [0.3, 0.4) is 0 Å². The lowest BCUT2D eigenvalue weighted by Crippen LogP contribution is -2.45. The van der Waals surface area contributed by atoms with Crippen LogP contribution in [0.4, 0.5) is 0 Å². The Morgan fingerprint density at radius 3 is 2.76 bits per heavy atom. The highest BCUT2D eigenvalue weighted by atomic mass is 16.2. The van der Waals surface area contributed by atoms with Gasteiger partial charge < -0.3 is 15.6 Å². The first-order chi connectivity index (χ1) is 8.09. The summed E-state index contributed by atoms with van der Waals surface area (Å²) in [7, 11) is 0. The van der Waals surface area contributed by atoms with Crippen LogP contribution in [0.2, 0.25) is 0 Å². The van der Waals surface area contributed by atoms with Crippen LogP contribution < -0.4 is 5.73 Å². The maximum atomic E-state index is 11.9. The number of hydrogen-bond acceptors (Lipinski definition) is 3. The summed E-state index contributed by atoms with van der Waals surface area (Å²) < 4.78 is 0. The van der Waals surface area contributed by atoms with Crippen LogP contribution in [0.1, 0.15) is 30.3 Å². The Morgan fingerprint density at radius 2 is 2.29 bits per heavy atom. The van der Waals surface area contributed by atoms with E-state index in [1.165, 1.54) is 0 Å². The van der Waals surface area contributed by atoms with Crippen LogP contribution in [-0.2, 0) is 4.79 Å². The summed E-state index contributed by atoms with van der Waals surface area (Å²) in [5, 5.41) is 0. The molecule has 2 rings (SSSR count). The Labute approximate surface area is 100.0 Å². The van der Waals surface area contributed by atoms with Gasteiger partial charge in [0.1, 0.15) is 0 Å². The van der Waals surface area contributed by atoms with Gasteiger partial charge in [-0.25, -0.2) is 0 Å². The Balaban J connectivity index is 2.03. The van der Waals surface area contributed by atoms with Gasteiger partial charge in [-0.2, -0.15) is 0 Å². The lowest BCUT2D eigenvalue weighted by molar-refractivity contribution is -0.132. The number of carbonyl (C=O) groups is 2. The number of rotatable bonds is 5. The number of hydrogen-bond donors (Lipinski definition) is 2. The van der Waals surface area contributed by atoms with E-state index in [4.69, 9.17) is 5.73 Å². The zero-order valence-electron chi connectivity index (χ0n) is 9.85. The van der Waals surface area contributed by atoms with Gasteiger partial charge >= 0.3 is 0 Å². The summed E-state index contributed by atoms with van der Waals surface area (Å²) in [5.74, 6) is -0.219. The molecule has 1 aromatic heterocycles. The van der Waals surface area contributed by atoms with Gasteiger partial charge in [-0.3, -0.25) is 9.59 Å². The highest BCUT2D eigenvalue weighted by Crippen LogP contribution is 2.27. The van der Waals surface area contributed by atoms with E-state index in [0.717, 1.165) is 12.8 Å².